The van der Waals surface area contributed by atoms with Crippen molar-refractivity contribution in [1.82, 2.24) is 5.32 Å². The summed E-state index contributed by atoms with van der Waals surface area (Å²) in [5.74, 6) is 0. The van der Waals surface area contributed by atoms with Crippen molar-refractivity contribution in [1.29, 1.82) is 0 Å². The maximum Gasteiger partial charge on any atom is 0.0713 e. The van der Waals surface area contributed by atoms with Crippen LogP contribution in [0.2, 0.25) is 0 Å². The normalized spacial score (nSPS) is 10.8. The van der Waals surface area contributed by atoms with E-state index in [0.29, 0.717) is 6.61 Å². The van der Waals surface area contributed by atoms with E-state index in [1.807, 2.05) is 11.3 Å². The van der Waals surface area contributed by atoms with Crippen molar-refractivity contribution in [3.8, 4) is 10.4 Å². The summed E-state index contributed by atoms with van der Waals surface area (Å²) >= 11 is 1.85. The number of hydrogen-bond donors (Lipinski definition) is 1. The average molecular weight is 261 g/mol. The van der Waals surface area contributed by atoms with Crippen LogP contribution in [-0.4, -0.2) is 13.7 Å². The molecule has 0 saturated carbocycles. The molecule has 0 amide bonds. The summed E-state index contributed by atoms with van der Waals surface area (Å²) < 4.78 is 5.17. The van der Waals surface area contributed by atoms with Gasteiger partial charge in [-0.25, -0.2) is 0 Å². The van der Waals surface area contributed by atoms with Gasteiger partial charge in [0, 0.05) is 23.4 Å². The molecule has 1 N–H and O–H groups in total. The molecule has 0 atom stereocenters. The van der Waals surface area contributed by atoms with Gasteiger partial charge in [0.05, 0.1) is 6.61 Å². The number of ether oxygens (including phenoxy) is 1. The van der Waals surface area contributed by atoms with Gasteiger partial charge in [-0.3, -0.25) is 0 Å². The molecule has 0 spiro atoms. The highest BCUT2D eigenvalue weighted by Crippen LogP contribution is 2.28. The fourth-order valence-corrected chi connectivity index (χ4v) is 2.83. The van der Waals surface area contributed by atoms with Gasteiger partial charge in [0.25, 0.3) is 0 Å². The first-order valence-electron chi connectivity index (χ1n) is 6.21. The van der Waals surface area contributed by atoms with Gasteiger partial charge in [0.15, 0.2) is 0 Å². The highest BCUT2D eigenvalue weighted by atomic mass is 32.1. The quantitative estimate of drug-likeness (QED) is 0.856. The summed E-state index contributed by atoms with van der Waals surface area (Å²) in [7, 11) is 1.73. The Balaban J connectivity index is 2.15. The van der Waals surface area contributed by atoms with Crippen LogP contribution in [0.25, 0.3) is 10.4 Å². The van der Waals surface area contributed by atoms with E-state index in [1.54, 1.807) is 7.11 Å². The molecule has 2 nitrogen and oxygen atoms in total. The standard InChI is InChI=1S/C15H19NOS/c1-3-16-10-14-7-8-15(18-14)13-6-4-5-12(9-13)11-17-2/h4-9,16H,3,10-11H2,1-2H3. The van der Waals surface area contributed by atoms with Gasteiger partial charge in [-0.1, -0.05) is 25.1 Å². The fraction of sp³-hybridized carbons (Fsp3) is 0.333. The van der Waals surface area contributed by atoms with Crippen LogP contribution >= 0.6 is 11.3 Å². The van der Waals surface area contributed by atoms with Crippen LogP contribution in [0.15, 0.2) is 36.4 Å². The first kappa shape index (κ1) is 13.3. The molecule has 1 aromatic heterocycles. The predicted molar refractivity (Wildman–Crippen MR) is 77.8 cm³/mol. The van der Waals surface area contributed by atoms with Crippen molar-refractivity contribution in [2.45, 2.75) is 20.1 Å². The van der Waals surface area contributed by atoms with Crippen LogP contribution in [-0.2, 0) is 17.9 Å². The van der Waals surface area contributed by atoms with E-state index in [4.69, 9.17) is 4.74 Å². The zero-order valence-corrected chi connectivity index (χ0v) is 11.7. The minimum Gasteiger partial charge on any atom is -0.380 e. The molecule has 0 fully saturated rings. The van der Waals surface area contributed by atoms with E-state index in [1.165, 1.54) is 20.9 Å². The molecule has 0 aliphatic heterocycles. The summed E-state index contributed by atoms with van der Waals surface area (Å²) in [5.41, 5.74) is 2.49. The molecule has 18 heavy (non-hydrogen) atoms. The largest absolute Gasteiger partial charge is 0.380 e. The molecule has 2 rings (SSSR count). The van der Waals surface area contributed by atoms with E-state index in [9.17, 15) is 0 Å². The molecule has 0 radical (unpaired) electrons. The molecule has 1 aromatic carbocycles. The Kier molecular flexibility index (Phi) is 4.93. The third kappa shape index (κ3) is 3.42. The van der Waals surface area contributed by atoms with Crippen LogP contribution in [0.3, 0.4) is 0 Å². The van der Waals surface area contributed by atoms with E-state index >= 15 is 0 Å². The summed E-state index contributed by atoms with van der Waals surface area (Å²) in [4.78, 5) is 2.70. The van der Waals surface area contributed by atoms with Gasteiger partial charge in [0.2, 0.25) is 0 Å². The molecular formula is C15H19NOS. The summed E-state index contributed by atoms with van der Waals surface area (Å²) in [5, 5.41) is 3.35. The summed E-state index contributed by atoms with van der Waals surface area (Å²) in [6.07, 6.45) is 0. The number of methoxy groups -OCH3 is 1. The number of thiophene rings is 1. The number of nitrogens with one attached hydrogen (secondary N) is 1. The highest BCUT2D eigenvalue weighted by molar-refractivity contribution is 7.15. The Bertz CT molecular complexity index is 493. The van der Waals surface area contributed by atoms with Gasteiger partial charge in [-0.15, -0.1) is 11.3 Å². The Morgan fingerprint density at radius 1 is 1.22 bits per heavy atom. The van der Waals surface area contributed by atoms with Gasteiger partial charge >= 0.3 is 0 Å². The Labute approximate surface area is 113 Å². The maximum absolute atomic E-state index is 5.17. The highest BCUT2D eigenvalue weighted by Gasteiger charge is 2.03. The lowest BCUT2D eigenvalue weighted by Gasteiger charge is -2.02. The van der Waals surface area contributed by atoms with Crippen molar-refractivity contribution in [3.63, 3.8) is 0 Å². The molecule has 0 aliphatic carbocycles. The van der Waals surface area contributed by atoms with Gasteiger partial charge in [-0.2, -0.15) is 0 Å². The van der Waals surface area contributed by atoms with Crippen molar-refractivity contribution in [2.75, 3.05) is 13.7 Å². The molecule has 0 aliphatic rings. The van der Waals surface area contributed by atoms with Crippen molar-refractivity contribution in [2.24, 2.45) is 0 Å². The van der Waals surface area contributed by atoms with E-state index in [-0.39, 0.29) is 0 Å². The predicted octanol–water partition coefficient (Wildman–Crippen LogP) is 3.67. The lowest BCUT2D eigenvalue weighted by molar-refractivity contribution is 0.185. The maximum atomic E-state index is 5.17. The second kappa shape index (κ2) is 6.69. The summed E-state index contributed by atoms with van der Waals surface area (Å²) in [6, 6.07) is 12.9. The Morgan fingerprint density at radius 3 is 2.89 bits per heavy atom. The molecule has 0 bridgehead atoms. The molecule has 0 saturated heterocycles. The van der Waals surface area contributed by atoms with Crippen molar-refractivity contribution < 1.29 is 4.74 Å². The van der Waals surface area contributed by atoms with Crippen LogP contribution in [0, 0.1) is 0 Å². The summed E-state index contributed by atoms with van der Waals surface area (Å²) in [6.45, 7) is 4.77. The van der Waals surface area contributed by atoms with E-state index < -0.39 is 0 Å². The molecule has 0 unspecified atom stereocenters. The lowest BCUT2D eigenvalue weighted by atomic mass is 10.1. The first-order chi connectivity index (χ1) is 8.83. The molecule has 3 heteroatoms. The van der Waals surface area contributed by atoms with Crippen molar-refractivity contribution >= 4 is 11.3 Å². The zero-order chi connectivity index (χ0) is 12.8. The number of rotatable bonds is 6. The molecule has 1 heterocycles. The molecule has 96 valence electrons. The minimum atomic E-state index is 0.670. The topological polar surface area (TPSA) is 21.3 Å². The van der Waals surface area contributed by atoms with E-state index in [2.05, 4.69) is 48.6 Å². The van der Waals surface area contributed by atoms with Crippen LogP contribution in [0.4, 0.5) is 0 Å². The van der Waals surface area contributed by atoms with Crippen LogP contribution in [0.1, 0.15) is 17.4 Å². The third-order valence-electron chi connectivity index (χ3n) is 2.73. The van der Waals surface area contributed by atoms with Crippen LogP contribution in [0.5, 0.6) is 0 Å². The van der Waals surface area contributed by atoms with Crippen LogP contribution < -0.4 is 5.32 Å². The number of benzene rings is 1. The first-order valence-corrected chi connectivity index (χ1v) is 7.03. The molecular weight excluding hydrogens is 242 g/mol. The second-order valence-corrected chi connectivity index (χ2v) is 5.35. The Hall–Kier alpha value is -1.16. The van der Waals surface area contributed by atoms with E-state index in [0.717, 1.165) is 13.1 Å². The minimum absolute atomic E-state index is 0.670. The molecule has 2 aromatic rings. The average Bonchev–Trinajstić information content (AvgIpc) is 2.86. The van der Waals surface area contributed by atoms with Gasteiger partial charge in [0.1, 0.15) is 0 Å². The fourth-order valence-electron chi connectivity index (χ4n) is 1.86. The zero-order valence-electron chi connectivity index (χ0n) is 10.9. The van der Waals surface area contributed by atoms with Gasteiger partial charge < -0.3 is 10.1 Å². The smallest absolute Gasteiger partial charge is 0.0713 e. The number of hydrogen-bond acceptors (Lipinski definition) is 3. The Morgan fingerprint density at radius 2 is 2.11 bits per heavy atom. The third-order valence-corrected chi connectivity index (χ3v) is 3.87. The van der Waals surface area contributed by atoms with Crippen molar-refractivity contribution in [3.05, 3.63) is 46.8 Å². The second-order valence-electron chi connectivity index (χ2n) is 4.18. The van der Waals surface area contributed by atoms with Gasteiger partial charge in [-0.05, 0) is 35.9 Å². The monoisotopic (exact) mass is 261 g/mol. The SMILES string of the molecule is CCNCc1ccc(-c2cccc(COC)c2)s1. The lowest BCUT2D eigenvalue weighted by Crippen LogP contribution is -2.10.